The van der Waals surface area contributed by atoms with E-state index in [2.05, 4.69) is 61.5 Å². The molecule has 1 heteroatoms. The monoisotopic (exact) mass is 330 g/mol. The molecule has 0 heterocycles. The Hall–Kier alpha value is -1.60. The summed E-state index contributed by atoms with van der Waals surface area (Å²) in [6.07, 6.45) is 10.9. The molecule has 1 saturated carbocycles. The van der Waals surface area contributed by atoms with Crippen molar-refractivity contribution in [2.24, 2.45) is 5.92 Å². The van der Waals surface area contributed by atoms with Crippen LogP contribution in [0.5, 0.6) is 0 Å². The molecule has 122 valence electrons. The number of hydrogen-bond donors (Lipinski definition) is 0. The number of allylic oxidation sites excluding steroid dienone is 1. The highest BCUT2D eigenvalue weighted by Crippen LogP contribution is 2.35. The topological polar surface area (TPSA) is 0 Å². The van der Waals surface area contributed by atoms with Gasteiger partial charge >= 0.3 is 0 Å². The molecule has 2 aliphatic carbocycles. The van der Waals surface area contributed by atoms with E-state index in [0.29, 0.717) is 5.54 Å². The molecule has 0 spiro atoms. The fourth-order valence-electron chi connectivity index (χ4n) is 4.37. The van der Waals surface area contributed by atoms with Gasteiger partial charge in [0.1, 0.15) is 0 Å². The molecule has 0 aliphatic heterocycles. The first-order chi connectivity index (χ1) is 11.8. The maximum atomic E-state index is 2.39. The Bertz CT molecular complexity index is 737. The highest BCUT2D eigenvalue weighted by atomic mass is 28.2. The highest BCUT2D eigenvalue weighted by molar-refractivity contribution is 6.56. The summed E-state index contributed by atoms with van der Waals surface area (Å²) in [6.45, 7) is 2.31. The molecule has 2 aromatic rings. The maximum Gasteiger partial charge on any atom is 0.0948 e. The van der Waals surface area contributed by atoms with Crippen molar-refractivity contribution in [3.8, 4) is 0 Å². The Kier molecular flexibility index (Phi) is 4.71. The van der Waals surface area contributed by atoms with E-state index < -0.39 is 0 Å². The maximum absolute atomic E-state index is 2.39. The zero-order chi connectivity index (χ0) is 16.4. The minimum Gasteiger partial charge on any atom is -0.0680 e. The molecule has 1 unspecified atom stereocenters. The second-order valence-electron chi connectivity index (χ2n) is 7.46. The Morgan fingerprint density at radius 3 is 2.54 bits per heavy atom. The lowest BCUT2D eigenvalue weighted by Gasteiger charge is -2.23. The van der Waals surface area contributed by atoms with E-state index in [1.807, 2.05) is 0 Å². The molecule has 4 rings (SSSR count). The molecule has 1 fully saturated rings. The normalized spacial score (nSPS) is 20.7. The first-order valence-corrected chi connectivity index (χ1v) is 10.5. The summed E-state index contributed by atoms with van der Waals surface area (Å²) in [5, 5.41) is 1.59. The Labute approximate surface area is 148 Å². The van der Waals surface area contributed by atoms with Gasteiger partial charge in [-0.05, 0) is 36.0 Å². The number of hydrogen-bond acceptors (Lipinski definition) is 0. The minimum atomic E-state index is 0.591. The van der Waals surface area contributed by atoms with Crippen LogP contribution in [0.4, 0.5) is 0 Å². The van der Waals surface area contributed by atoms with Gasteiger partial charge in [-0.25, -0.2) is 0 Å². The molecule has 24 heavy (non-hydrogen) atoms. The smallest absolute Gasteiger partial charge is 0.0680 e. The van der Waals surface area contributed by atoms with Gasteiger partial charge in [-0.2, -0.15) is 0 Å². The fourth-order valence-corrected chi connectivity index (χ4v) is 5.97. The van der Waals surface area contributed by atoms with E-state index in [4.69, 9.17) is 0 Å². The zero-order valence-electron chi connectivity index (χ0n) is 14.6. The van der Waals surface area contributed by atoms with Crippen LogP contribution in [-0.4, -0.2) is 9.52 Å². The van der Waals surface area contributed by atoms with Crippen molar-refractivity contribution >= 4 is 20.8 Å². The summed E-state index contributed by atoms with van der Waals surface area (Å²) in [6, 6.07) is 18.2. The van der Waals surface area contributed by atoms with Crippen LogP contribution < -0.4 is 5.19 Å². The average molecular weight is 331 g/mol. The zero-order valence-corrected chi connectivity index (χ0v) is 15.6. The fraction of sp³-hybridized carbons (Fsp3) is 0.391. The van der Waals surface area contributed by atoms with Gasteiger partial charge in [0.25, 0.3) is 0 Å². The van der Waals surface area contributed by atoms with Crippen LogP contribution in [0.25, 0.3) is 6.08 Å². The van der Waals surface area contributed by atoms with Crippen molar-refractivity contribution in [1.29, 1.82) is 0 Å². The summed E-state index contributed by atoms with van der Waals surface area (Å²) in [7, 11) is 0.857. The van der Waals surface area contributed by atoms with Gasteiger partial charge in [-0.15, -0.1) is 0 Å². The molecule has 0 saturated heterocycles. The van der Waals surface area contributed by atoms with Crippen LogP contribution in [0.15, 0.2) is 54.1 Å². The summed E-state index contributed by atoms with van der Waals surface area (Å²) < 4.78 is 0. The van der Waals surface area contributed by atoms with Crippen LogP contribution in [0, 0.1) is 5.92 Å². The van der Waals surface area contributed by atoms with Crippen molar-refractivity contribution in [2.45, 2.75) is 51.0 Å². The third-order valence-electron chi connectivity index (χ3n) is 5.70. The van der Waals surface area contributed by atoms with Crippen molar-refractivity contribution in [3.63, 3.8) is 0 Å². The largest absolute Gasteiger partial charge is 0.0948 e. The van der Waals surface area contributed by atoms with E-state index >= 15 is 0 Å². The van der Waals surface area contributed by atoms with E-state index in [9.17, 15) is 0 Å². The average Bonchev–Trinajstić information content (AvgIpc) is 2.93. The number of fused-ring (bicyclic) bond motifs is 1. The van der Waals surface area contributed by atoms with E-state index in [0.717, 1.165) is 15.4 Å². The van der Waals surface area contributed by atoms with Crippen LogP contribution >= 0.6 is 0 Å². The lowest BCUT2D eigenvalue weighted by atomic mass is 9.85. The van der Waals surface area contributed by atoms with Crippen LogP contribution in [0.1, 0.15) is 61.3 Å². The third kappa shape index (κ3) is 3.28. The molecule has 0 aromatic heterocycles. The predicted molar refractivity (Wildman–Crippen MR) is 105 cm³/mol. The van der Waals surface area contributed by atoms with Gasteiger partial charge in [0, 0.05) is 5.54 Å². The summed E-state index contributed by atoms with van der Waals surface area (Å²) in [5.41, 5.74) is 6.69. The highest BCUT2D eigenvalue weighted by Gasteiger charge is 2.24. The standard InChI is InChI=1S/C23H26Si/c1-17-15-19-11-5-7-13-21(19)23(17)24-22-14-8-6-12-20(22)16-18-9-3-2-4-10-18/h5-8,11-15,18,23H,2-4,9-10,16H2,1H3. The Morgan fingerprint density at radius 1 is 0.917 bits per heavy atom. The van der Waals surface area contributed by atoms with Gasteiger partial charge in [0.15, 0.2) is 0 Å². The van der Waals surface area contributed by atoms with E-state index in [-0.39, 0.29) is 0 Å². The van der Waals surface area contributed by atoms with Crippen molar-refractivity contribution in [2.75, 3.05) is 0 Å². The number of benzene rings is 2. The third-order valence-corrected chi connectivity index (χ3v) is 7.55. The molecule has 0 bridgehead atoms. The molecule has 2 aliphatic rings. The molecular formula is C23H26Si. The lowest BCUT2D eigenvalue weighted by molar-refractivity contribution is 0.357. The van der Waals surface area contributed by atoms with Gasteiger partial charge in [0.2, 0.25) is 0 Å². The van der Waals surface area contributed by atoms with Crippen LogP contribution in [-0.2, 0) is 6.42 Å². The Morgan fingerprint density at radius 2 is 1.67 bits per heavy atom. The predicted octanol–water partition coefficient (Wildman–Crippen LogP) is 5.30. The second kappa shape index (κ2) is 7.10. The first kappa shape index (κ1) is 15.9. The number of rotatable bonds is 4. The molecule has 0 N–H and O–H groups in total. The SMILES string of the molecule is CC1=Cc2ccccc2C1[Si]c1ccccc1CC1CCCCC1. The minimum absolute atomic E-state index is 0.591. The Balaban J connectivity index is 1.56. The molecule has 2 aromatic carbocycles. The van der Waals surface area contributed by atoms with Crippen LogP contribution in [0.2, 0.25) is 0 Å². The van der Waals surface area contributed by atoms with Gasteiger partial charge in [0.05, 0.1) is 9.52 Å². The summed E-state index contributed by atoms with van der Waals surface area (Å²) >= 11 is 0. The van der Waals surface area contributed by atoms with E-state index in [1.165, 1.54) is 55.2 Å². The summed E-state index contributed by atoms with van der Waals surface area (Å²) in [5.74, 6) is 0.914. The quantitative estimate of drug-likeness (QED) is 0.668. The first-order valence-electron chi connectivity index (χ1n) is 9.43. The molecular weight excluding hydrogens is 304 g/mol. The summed E-state index contributed by atoms with van der Waals surface area (Å²) in [4.78, 5) is 0. The van der Waals surface area contributed by atoms with E-state index in [1.54, 1.807) is 10.8 Å². The lowest BCUT2D eigenvalue weighted by Crippen LogP contribution is -2.27. The van der Waals surface area contributed by atoms with Crippen molar-refractivity contribution < 1.29 is 0 Å². The molecule has 0 nitrogen and oxygen atoms in total. The van der Waals surface area contributed by atoms with Gasteiger partial charge < -0.3 is 0 Å². The second-order valence-corrected chi connectivity index (χ2v) is 8.86. The molecule has 0 amide bonds. The van der Waals surface area contributed by atoms with Crippen molar-refractivity contribution in [1.82, 2.24) is 0 Å². The van der Waals surface area contributed by atoms with Crippen LogP contribution in [0.3, 0.4) is 0 Å². The van der Waals surface area contributed by atoms with Gasteiger partial charge in [-0.1, -0.05) is 97.5 Å². The molecule has 1 atom stereocenters. The van der Waals surface area contributed by atoms with Crippen molar-refractivity contribution in [3.05, 3.63) is 70.8 Å². The molecule has 2 radical (unpaired) electrons. The van der Waals surface area contributed by atoms with Gasteiger partial charge in [-0.3, -0.25) is 0 Å².